The van der Waals surface area contributed by atoms with E-state index in [-0.39, 0.29) is 0 Å². The van der Waals surface area contributed by atoms with Crippen molar-refractivity contribution in [3.63, 3.8) is 0 Å². The van der Waals surface area contributed by atoms with Gasteiger partial charge in [-0.15, -0.1) is 0 Å². The number of urea groups is 1. The molecule has 0 unspecified atom stereocenters. The Morgan fingerprint density at radius 1 is 1.59 bits per heavy atom. The first-order chi connectivity index (χ1) is 8.06. The van der Waals surface area contributed by atoms with E-state index in [4.69, 9.17) is 10.3 Å². The number of amides is 2. The van der Waals surface area contributed by atoms with E-state index in [9.17, 15) is 4.79 Å². The number of hydrogen-bond acceptors (Lipinski definition) is 4. The molecule has 0 radical (unpaired) electrons. The van der Waals surface area contributed by atoms with E-state index in [1.54, 1.807) is 10.9 Å². The summed E-state index contributed by atoms with van der Waals surface area (Å²) < 4.78 is 6.74. The average molecular weight is 235 g/mol. The van der Waals surface area contributed by atoms with Gasteiger partial charge in [-0.2, -0.15) is 5.10 Å². The minimum absolute atomic E-state index is 0.543. The van der Waals surface area contributed by atoms with Gasteiger partial charge in [-0.05, 0) is 13.8 Å². The third-order valence-electron chi connectivity index (χ3n) is 2.40. The van der Waals surface area contributed by atoms with Gasteiger partial charge in [0.15, 0.2) is 0 Å². The number of nitrogens with zero attached hydrogens (tertiary/aromatic N) is 3. The number of anilines is 1. The van der Waals surface area contributed by atoms with Crippen LogP contribution in [0, 0.1) is 13.8 Å². The molecule has 2 heterocycles. The fourth-order valence-electron chi connectivity index (χ4n) is 1.55. The van der Waals surface area contributed by atoms with Crippen molar-refractivity contribution in [1.29, 1.82) is 0 Å². The van der Waals surface area contributed by atoms with Crippen LogP contribution in [0.2, 0.25) is 0 Å². The minimum atomic E-state index is -0.609. The molecule has 0 spiro atoms. The van der Waals surface area contributed by atoms with Gasteiger partial charge in [0.2, 0.25) is 0 Å². The quantitative estimate of drug-likeness (QED) is 0.829. The highest BCUT2D eigenvalue weighted by Crippen LogP contribution is 2.14. The molecule has 0 aliphatic heterocycles. The van der Waals surface area contributed by atoms with Crippen molar-refractivity contribution in [2.24, 2.45) is 5.73 Å². The predicted molar refractivity (Wildman–Crippen MR) is 60.5 cm³/mol. The van der Waals surface area contributed by atoms with E-state index in [1.807, 2.05) is 13.8 Å². The van der Waals surface area contributed by atoms with Gasteiger partial charge in [-0.1, -0.05) is 5.16 Å². The summed E-state index contributed by atoms with van der Waals surface area (Å²) >= 11 is 0. The van der Waals surface area contributed by atoms with E-state index >= 15 is 0 Å². The second kappa shape index (κ2) is 4.28. The Balaban J connectivity index is 2.14. The molecule has 0 fully saturated rings. The lowest BCUT2D eigenvalue weighted by molar-refractivity contribution is 0.259. The summed E-state index contributed by atoms with van der Waals surface area (Å²) in [6, 6.07) is -0.609. The molecule has 7 heteroatoms. The molecule has 90 valence electrons. The highest BCUT2D eigenvalue weighted by molar-refractivity contribution is 5.87. The number of carbonyl (C=O) groups is 1. The zero-order chi connectivity index (χ0) is 12.4. The number of aromatic nitrogens is 3. The monoisotopic (exact) mass is 235 g/mol. The van der Waals surface area contributed by atoms with Crippen LogP contribution in [0.4, 0.5) is 10.5 Å². The summed E-state index contributed by atoms with van der Waals surface area (Å²) in [5, 5.41) is 10.4. The molecule has 0 aliphatic carbocycles. The highest BCUT2D eigenvalue weighted by Gasteiger charge is 2.10. The summed E-state index contributed by atoms with van der Waals surface area (Å²) in [5.74, 6) is 0.766. The molecular formula is C10H13N5O2. The molecule has 3 N–H and O–H groups in total. The Kier molecular flexibility index (Phi) is 2.82. The van der Waals surface area contributed by atoms with Crippen LogP contribution in [0.3, 0.4) is 0 Å². The topological polar surface area (TPSA) is 99.0 Å². The van der Waals surface area contributed by atoms with Crippen LogP contribution in [0.25, 0.3) is 0 Å². The molecule has 2 aromatic heterocycles. The molecular weight excluding hydrogens is 222 g/mol. The molecule has 7 nitrogen and oxygen atoms in total. The van der Waals surface area contributed by atoms with Crippen LogP contribution in [-0.4, -0.2) is 21.0 Å². The second-order valence-corrected chi connectivity index (χ2v) is 3.72. The Morgan fingerprint density at radius 2 is 2.35 bits per heavy atom. The Bertz CT molecular complexity index is 523. The lowest BCUT2D eigenvalue weighted by atomic mass is 10.2. The Labute approximate surface area is 97.6 Å². The van der Waals surface area contributed by atoms with Gasteiger partial charge in [-0.3, -0.25) is 4.68 Å². The molecule has 2 aromatic rings. The van der Waals surface area contributed by atoms with Gasteiger partial charge in [-0.25, -0.2) is 4.79 Å². The standard InChI is InChI=1S/C10H13N5O2/c1-6-9(7(2)17-14-6)5-15-4-8(3-12-15)13-10(11)16/h3-4H,5H2,1-2H3,(H3,11,13,16). The molecule has 0 aliphatic rings. The van der Waals surface area contributed by atoms with Crippen molar-refractivity contribution in [3.05, 3.63) is 29.4 Å². The van der Waals surface area contributed by atoms with Crippen molar-refractivity contribution in [2.45, 2.75) is 20.4 Å². The maximum atomic E-state index is 10.7. The first-order valence-corrected chi connectivity index (χ1v) is 5.07. The molecule has 17 heavy (non-hydrogen) atoms. The number of aryl methyl sites for hydroxylation is 2. The van der Waals surface area contributed by atoms with Crippen molar-refractivity contribution in [1.82, 2.24) is 14.9 Å². The van der Waals surface area contributed by atoms with Gasteiger partial charge in [0.05, 0.1) is 24.1 Å². The van der Waals surface area contributed by atoms with Gasteiger partial charge >= 0.3 is 6.03 Å². The molecule has 0 bridgehead atoms. The summed E-state index contributed by atoms with van der Waals surface area (Å²) in [6.45, 7) is 4.26. The smallest absolute Gasteiger partial charge is 0.316 e. The molecule has 2 rings (SSSR count). The summed E-state index contributed by atoms with van der Waals surface area (Å²) in [4.78, 5) is 10.7. The van der Waals surface area contributed by atoms with E-state index < -0.39 is 6.03 Å². The van der Waals surface area contributed by atoms with E-state index in [2.05, 4.69) is 15.6 Å². The van der Waals surface area contributed by atoms with E-state index in [0.29, 0.717) is 12.2 Å². The largest absolute Gasteiger partial charge is 0.361 e. The van der Waals surface area contributed by atoms with Gasteiger partial charge in [0, 0.05) is 11.8 Å². The van der Waals surface area contributed by atoms with Gasteiger partial charge in [0.25, 0.3) is 0 Å². The Hall–Kier alpha value is -2.31. The maximum absolute atomic E-state index is 10.7. The molecule has 0 saturated heterocycles. The second-order valence-electron chi connectivity index (χ2n) is 3.72. The number of primary amides is 1. The van der Waals surface area contributed by atoms with Gasteiger partial charge in [0.1, 0.15) is 5.76 Å². The lowest BCUT2D eigenvalue weighted by Crippen LogP contribution is -2.18. The fourth-order valence-corrected chi connectivity index (χ4v) is 1.55. The number of rotatable bonds is 3. The lowest BCUT2D eigenvalue weighted by Gasteiger charge is -2.00. The van der Waals surface area contributed by atoms with Crippen molar-refractivity contribution < 1.29 is 9.32 Å². The number of hydrogen-bond donors (Lipinski definition) is 2. The van der Waals surface area contributed by atoms with E-state index in [1.165, 1.54) is 6.20 Å². The first-order valence-electron chi connectivity index (χ1n) is 5.07. The van der Waals surface area contributed by atoms with E-state index in [0.717, 1.165) is 17.0 Å². The summed E-state index contributed by atoms with van der Waals surface area (Å²) in [6.07, 6.45) is 3.22. The zero-order valence-electron chi connectivity index (χ0n) is 9.60. The summed E-state index contributed by atoms with van der Waals surface area (Å²) in [7, 11) is 0. The predicted octanol–water partition coefficient (Wildman–Crippen LogP) is 1.03. The number of carbonyl (C=O) groups excluding carboxylic acids is 1. The SMILES string of the molecule is Cc1noc(C)c1Cn1cc(NC(N)=O)cn1. The first kappa shape index (κ1) is 11.2. The van der Waals surface area contributed by atoms with Crippen LogP contribution >= 0.6 is 0 Å². The zero-order valence-corrected chi connectivity index (χ0v) is 9.60. The number of nitrogens with one attached hydrogen (secondary N) is 1. The van der Waals surface area contributed by atoms with Crippen LogP contribution in [0.5, 0.6) is 0 Å². The average Bonchev–Trinajstić information content (AvgIpc) is 2.79. The van der Waals surface area contributed by atoms with Crippen LogP contribution in [0.15, 0.2) is 16.9 Å². The van der Waals surface area contributed by atoms with Crippen LogP contribution in [0.1, 0.15) is 17.0 Å². The third kappa shape index (κ3) is 2.44. The fraction of sp³-hybridized carbons (Fsp3) is 0.300. The molecule has 0 aromatic carbocycles. The highest BCUT2D eigenvalue weighted by atomic mass is 16.5. The third-order valence-corrected chi connectivity index (χ3v) is 2.40. The maximum Gasteiger partial charge on any atom is 0.316 e. The normalized spacial score (nSPS) is 10.5. The van der Waals surface area contributed by atoms with Crippen molar-refractivity contribution in [3.8, 4) is 0 Å². The molecule has 2 amide bonds. The molecule has 0 atom stereocenters. The summed E-state index contributed by atoms with van der Waals surface area (Å²) in [5.41, 5.74) is 7.39. The minimum Gasteiger partial charge on any atom is -0.361 e. The van der Waals surface area contributed by atoms with Crippen molar-refractivity contribution >= 4 is 11.7 Å². The molecule has 0 saturated carbocycles. The van der Waals surface area contributed by atoms with Gasteiger partial charge < -0.3 is 15.6 Å². The van der Waals surface area contributed by atoms with Crippen LogP contribution < -0.4 is 11.1 Å². The number of nitrogens with two attached hydrogens (primary N) is 1. The van der Waals surface area contributed by atoms with Crippen molar-refractivity contribution in [2.75, 3.05) is 5.32 Å². The Morgan fingerprint density at radius 3 is 2.94 bits per heavy atom. The van der Waals surface area contributed by atoms with Crippen LogP contribution in [-0.2, 0) is 6.54 Å².